The van der Waals surface area contributed by atoms with E-state index in [1.807, 2.05) is 0 Å². The fourth-order valence-electron chi connectivity index (χ4n) is 10.9. The minimum atomic E-state index is -0.963. The number of carbonyl (C=O) groups excluding carboxylic acids is 4. The number of methoxy groups -OCH3 is 2. The lowest BCUT2D eigenvalue weighted by Crippen LogP contribution is -2.70. The van der Waals surface area contributed by atoms with Crippen molar-refractivity contribution in [2.45, 2.75) is 38.5 Å². The molecular weight excluding hydrogens is 360 g/mol. The molecular formula is C22H24O6. The van der Waals surface area contributed by atoms with E-state index in [0.717, 1.165) is 12.8 Å². The third-order valence-corrected chi connectivity index (χ3v) is 11.1. The molecule has 0 radical (unpaired) electrons. The summed E-state index contributed by atoms with van der Waals surface area (Å²) < 4.78 is 10.8. The van der Waals surface area contributed by atoms with E-state index in [1.54, 1.807) is 0 Å². The first-order valence-electron chi connectivity index (χ1n) is 10.6. The molecule has 0 aromatic heterocycles. The standard InChI is InChI=1S/C22H24O6/c1-27-17(25)21-9-7-20(6-4-12(20)24)16-13(9)14-10(22(16,21)18(26)28-2)8-19(15(14)21)5-3-11(19)23/h9-10,13-16H,3-8H2,1-2H3/t9-,10+,13+,14-,15-,16+,19+,20-,21+,22-. The van der Waals surface area contributed by atoms with Gasteiger partial charge >= 0.3 is 11.9 Å². The molecule has 0 heterocycles. The van der Waals surface area contributed by atoms with Crippen LogP contribution in [-0.4, -0.2) is 37.7 Å². The van der Waals surface area contributed by atoms with Crippen LogP contribution in [0.15, 0.2) is 0 Å². The monoisotopic (exact) mass is 384 g/mol. The number of ketones is 2. The largest absolute Gasteiger partial charge is 0.469 e. The minimum absolute atomic E-state index is 0.0230. The molecule has 0 saturated heterocycles. The topological polar surface area (TPSA) is 86.7 Å². The molecule has 148 valence electrons. The third kappa shape index (κ3) is 1.03. The highest BCUT2D eigenvalue weighted by atomic mass is 16.5. The van der Waals surface area contributed by atoms with Crippen LogP contribution in [0.3, 0.4) is 0 Å². The molecule has 6 nitrogen and oxygen atoms in total. The molecule has 8 rings (SSSR count). The van der Waals surface area contributed by atoms with Crippen LogP contribution >= 0.6 is 0 Å². The van der Waals surface area contributed by atoms with Gasteiger partial charge in [-0.25, -0.2) is 0 Å². The van der Waals surface area contributed by atoms with Crippen molar-refractivity contribution in [3.8, 4) is 0 Å². The fraction of sp³-hybridized carbons (Fsp3) is 0.818. The molecule has 8 bridgehead atoms. The molecule has 0 amide bonds. The SMILES string of the molecule is COC(=O)[C@]12[C@@H]3C[C@@]4(CCC4=O)[C@@H]4[C@@H]3[C@@H]3[C@@H]1[C@@]1(CCC1=O)C[C@@H]3[C@]42C(=O)OC. The Bertz CT molecular complexity index is 850. The molecule has 8 saturated carbocycles. The Hall–Kier alpha value is -1.72. The summed E-state index contributed by atoms with van der Waals surface area (Å²) in [5.74, 6) is 0.00431. The number of carbonyl (C=O) groups is 4. The van der Waals surface area contributed by atoms with E-state index in [1.165, 1.54) is 14.2 Å². The summed E-state index contributed by atoms with van der Waals surface area (Å²) in [5, 5.41) is 0. The number of Topliss-reactive ketones (excluding diaryl/α,β-unsaturated/α-hetero) is 2. The second-order valence-electron chi connectivity index (χ2n) is 10.6. The van der Waals surface area contributed by atoms with Crippen LogP contribution < -0.4 is 0 Å². The van der Waals surface area contributed by atoms with Gasteiger partial charge in [0.25, 0.3) is 0 Å². The number of hydrogen-bond donors (Lipinski definition) is 0. The van der Waals surface area contributed by atoms with E-state index in [0.29, 0.717) is 25.7 Å². The van der Waals surface area contributed by atoms with E-state index in [9.17, 15) is 19.2 Å². The maximum atomic E-state index is 13.5. The van der Waals surface area contributed by atoms with Crippen LogP contribution in [-0.2, 0) is 28.7 Å². The molecule has 8 aliphatic carbocycles. The average molecular weight is 384 g/mol. The molecule has 2 spiro atoms. The third-order valence-electron chi connectivity index (χ3n) is 11.1. The lowest BCUT2D eigenvalue weighted by atomic mass is 9.37. The Morgan fingerprint density at radius 2 is 1.18 bits per heavy atom. The Balaban J connectivity index is 1.53. The van der Waals surface area contributed by atoms with Crippen molar-refractivity contribution in [3.63, 3.8) is 0 Å². The van der Waals surface area contributed by atoms with Crippen molar-refractivity contribution in [2.75, 3.05) is 14.2 Å². The number of rotatable bonds is 2. The van der Waals surface area contributed by atoms with Gasteiger partial charge in [0.2, 0.25) is 0 Å². The van der Waals surface area contributed by atoms with Crippen molar-refractivity contribution >= 4 is 23.5 Å². The highest BCUT2D eigenvalue weighted by molar-refractivity contribution is 6.02. The first-order chi connectivity index (χ1) is 13.4. The quantitative estimate of drug-likeness (QED) is 0.672. The van der Waals surface area contributed by atoms with Crippen molar-refractivity contribution in [1.29, 1.82) is 0 Å². The second-order valence-corrected chi connectivity index (χ2v) is 10.6. The van der Waals surface area contributed by atoms with Gasteiger partial charge in [0.1, 0.15) is 11.6 Å². The highest BCUT2D eigenvalue weighted by Gasteiger charge is 3.02. The summed E-state index contributed by atoms with van der Waals surface area (Å²) in [5.41, 5.74) is -2.80. The smallest absolute Gasteiger partial charge is 0.313 e. The van der Waals surface area contributed by atoms with Gasteiger partial charge in [0, 0.05) is 23.7 Å². The van der Waals surface area contributed by atoms with E-state index < -0.39 is 21.7 Å². The second kappa shape index (κ2) is 4.10. The predicted octanol–water partition coefficient (Wildman–Crippen LogP) is 1.55. The van der Waals surface area contributed by atoms with Crippen molar-refractivity contribution in [1.82, 2.24) is 0 Å². The summed E-state index contributed by atoms with van der Waals surface area (Å²) in [6.07, 6.45) is 4.21. The lowest BCUT2D eigenvalue weighted by Gasteiger charge is -2.63. The summed E-state index contributed by atoms with van der Waals surface area (Å²) >= 11 is 0. The van der Waals surface area contributed by atoms with E-state index in [2.05, 4.69) is 0 Å². The van der Waals surface area contributed by atoms with Crippen LogP contribution in [0.4, 0.5) is 0 Å². The molecule has 0 unspecified atom stereocenters. The fourth-order valence-corrected chi connectivity index (χ4v) is 10.9. The van der Waals surface area contributed by atoms with Crippen LogP contribution in [0.2, 0.25) is 0 Å². The summed E-state index contributed by atoms with van der Waals surface area (Å²) in [6.45, 7) is 0. The van der Waals surface area contributed by atoms with Crippen LogP contribution in [0.5, 0.6) is 0 Å². The maximum Gasteiger partial charge on any atom is 0.313 e. The van der Waals surface area contributed by atoms with Gasteiger partial charge in [-0.2, -0.15) is 0 Å². The first-order valence-corrected chi connectivity index (χ1v) is 10.6. The van der Waals surface area contributed by atoms with E-state index in [-0.39, 0.29) is 59.0 Å². The normalized spacial score (nSPS) is 60.6. The molecule has 6 heteroatoms. The maximum absolute atomic E-state index is 13.5. The van der Waals surface area contributed by atoms with Gasteiger partial charge in [-0.3, -0.25) is 19.2 Å². The molecule has 28 heavy (non-hydrogen) atoms. The zero-order valence-corrected chi connectivity index (χ0v) is 16.2. The molecule has 0 aromatic rings. The van der Waals surface area contributed by atoms with Gasteiger partial charge in [-0.1, -0.05) is 0 Å². The van der Waals surface area contributed by atoms with E-state index >= 15 is 0 Å². The number of esters is 2. The summed E-state index contributed by atoms with van der Waals surface area (Å²) in [6, 6.07) is 0. The number of hydrogen-bond acceptors (Lipinski definition) is 6. The average Bonchev–Trinajstić information content (AvgIpc) is 3.48. The molecule has 10 atom stereocenters. The Morgan fingerprint density at radius 1 is 0.786 bits per heavy atom. The minimum Gasteiger partial charge on any atom is -0.469 e. The first kappa shape index (κ1) is 16.1. The molecule has 0 aliphatic heterocycles. The zero-order valence-electron chi connectivity index (χ0n) is 16.2. The van der Waals surface area contributed by atoms with Crippen LogP contribution in [0.25, 0.3) is 0 Å². The van der Waals surface area contributed by atoms with E-state index in [4.69, 9.17) is 9.47 Å². The molecule has 0 aromatic carbocycles. The highest BCUT2D eigenvalue weighted by Crippen LogP contribution is 2.99. The van der Waals surface area contributed by atoms with Crippen LogP contribution in [0.1, 0.15) is 38.5 Å². The van der Waals surface area contributed by atoms with Crippen molar-refractivity contribution < 1.29 is 28.7 Å². The summed E-state index contributed by atoms with van der Waals surface area (Å²) in [7, 11) is 2.79. The summed E-state index contributed by atoms with van der Waals surface area (Å²) in [4.78, 5) is 52.7. The van der Waals surface area contributed by atoms with Gasteiger partial charge in [-0.15, -0.1) is 0 Å². The van der Waals surface area contributed by atoms with Crippen molar-refractivity contribution in [3.05, 3.63) is 0 Å². The Labute approximate surface area is 162 Å². The number of ether oxygens (including phenoxy) is 2. The zero-order chi connectivity index (χ0) is 19.4. The Morgan fingerprint density at radius 3 is 1.43 bits per heavy atom. The van der Waals surface area contributed by atoms with Crippen molar-refractivity contribution in [2.24, 2.45) is 57.2 Å². The molecule has 8 fully saturated rings. The lowest BCUT2D eigenvalue weighted by molar-refractivity contribution is -0.221. The van der Waals surface area contributed by atoms with Gasteiger partial charge < -0.3 is 9.47 Å². The Kier molecular flexibility index (Phi) is 2.36. The van der Waals surface area contributed by atoms with Gasteiger partial charge in [0.15, 0.2) is 0 Å². The predicted molar refractivity (Wildman–Crippen MR) is 92.4 cm³/mol. The molecule has 8 aliphatic rings. The van der Waals surface area contributed by atoms with Gasteiger partial charge in [-0.05, 0) is 61.2 Å². The van der Waals surface area contributed by atoms with Gasteiger partial charge in [0.05, 0.1) is 25.0 Å². The molecule has 0 N–H and O–H groups in total. The van der Waals surface area contributed by atoms with Crippen LogP contribution in [0, 0.1) is 57.2 Å².